The molecule has 1 heterocycles. The molecule has 0 spiro atoms. The molecule has 1 saturated carbocycles. The molecule has 0 aromatic heterocycles. The maximum absolute atomic E-state index is 5.88. The summed E-state index contributed by atoms with van der Waals surface area (Å²) in [6, 6.07) is 7.16. The van der Waals surface area contributed by atoms with Crippen LogP contribution in [0.5, 0.6) is 5.75 Å². The second-order valence-electron chi connectivity index (χ2n) is 5.82. The zero-order valence-corrected chi connectivity index (χ0v) is 13.5. The predicted octanol–water partition coefficient (Wildman–Crippen LogP) is 3.18. The minimum absolute atomic E-state index is 0.755. The Kier molecular flexibility index (Phi) is 4.97. The largest absolute Gasteiger partial charge is 0.491 e. The first kappa shape index (κ1) is 14.4. The van der Waals surface area contributed by atoms with E-state index in [2.05, 4.69) is 44.3 Å². The minimum Gasteiger partial charge on any atom is -0.491 e. The normalized spacial score (nSPS) is 19.4. The topological polar surface area (TPSA) is 24.5 Å². The highest BCUT2D eigenvalue weighted by atomic mass is 79.9. The summed E-state index contributed by atoms with van der Waals surface area (Å²) >= 11 is 3.62. The summed E-state index contributed by atoms with van der Waals surface area (Å²) in [4.78, 5) is 2.47. The maximum Gasteiger partial charge on any atom is 0.133 e. The lowest BCUT2D eigenvalue weighted by atomic mass is 10.2. The van der Waals surface area contributed by atoms with Gasteiger partial charge in [0.1, 0.15) is 12.4 Å². The van der Waals surface area contributed by atoms with Gasteiger partial charge in [-0.2, -0.15) is 0 Å². The standard InChI is InChI=1S/C16H23BrN2O/c17-15-11-13(12-18-14-4-5-14)3-6-16(15)20-10-9-19-7-1-2-8-19/h3,6,11,14,18H,1-2,4-5,7-10,12H2. The van der Waals surface area contributed by atoms with Crippen molar-refractivity contribution in [1.29, 1.82) is 0 Å². The summed E-state index contributed by atoms with van der Waals surface area (Å²) in [5, 5.41) is 3.53. The third-order valence-corrected chi connectivity index (χ3v) is 4.65. The number of nitrogens with zero attached hydrogens (tertiary/aromatic N) is 1. The molecule has 0 radical (unpaired) electrons. The molecular formula is C16H23BrN2O. The Hall–Kier alpha value is -0.580. The van der Waals surface area contributed by atoms with Crippen molar-refractivity contribution in [2.45, 2.75) is 38.3 Å². The number of hydrogen-bond acceptors (Lipinski definition) is 3. The van der Waals surface area contributed by atoms with Crippen LogP contribution in [0.4, 0.5) is 0 Å². The van der Waals surface area contributed by atoms with Gasteiger partial charge in [-0.1, -0.05) is 6.07 Å². The average Bonchev–Trinajstić information content (AvgIpc) is 3.14. The van der Waals surface area contributed by atoms with E-state index in [0.717, 1.165) is 36.0 Å². The zero-order chi connectivity index (χ0) is 13.8. The Labute approximate surface area is 129 Å². The van der Waals surface area contributed by atoms with Gasteiger partial charge in [0.25, 0.3) is 0 Å². The Morgan fingerprint density at radius 2 is 2.05 bits per heavy atom. The summed E-state index contributed by atoms with van der Waals surface area (Å²) in [6.07, 6.45) is 5.34. The molecule has 110 valence electrons. The summed E-state index contributed by atoms with van der Waals surface area (Å²) in [7, 11) is 0. The highest BCUT2D eigenvalue weighted by Crippen LogP contribution is 2.27. The number of benzene rings is 1. The van der Waals surface area contributed by atoms with Gasteiger partial charge in [-0.05, 0) is 72.4 Å². The van der Waals surface area contributed by atoms with Crippen LogP contribution in [0.2, 0.25) is 0 Å². The lowest BCUT2D eigenvalue weighted by Gasteiger charge is -2.16. The fourth-order valence-corrected chi connectivity index (χ4v) is 3.15. The lowest BCUT2D eigenvalue weighted by molar-refractivity contribution is 0.237. The fraction of sp³-hybridized carbons (Fsp3) is 0.625. The number of rotatable bonds is 7. The molecule has 1 aliphatic carbocycles. The van der Waals surface area contributed by atoms with Crippen LogP contribution in [-0.4, -0.2) is 37.2 Å². The first-order chi connectivity index (χ1) is 9.81. The van der Waals surface area contributed by atoms with Crippen LogP contribution in [0, 0.1) is 0 Å². The Morgan fingerprint density at radius 1 is 1.25 bits per heavy atom. The van der Waals surface area contributed by atoms with Crippen LogP contribution in [0.1, 0.15) is 31.2 Å². The van der Waals surface area contributed by atoms with E-state index in [1.54, 1.807) is 0 Å². The molecule has 0 amide bonds. The number of likely N-dealkylation sites (tertiary alicyclic amines) is 1. The molecule has 2 aliphatic rings. The van der Waals surface area contributed by atoms with Gasteiger partial charge in [0.2, 0.25) is 0 Å². The van der Waals surface area contributed by atoms with E-state index in [1.165, 1.54) is 44.3 Å². The van der Waals surface area contributed by atoms with Crippen molar-refractivity contribution in [3.8, 4) is 5.75 Å². The molecule has 20 heavy (non-hydrogen) atoms. The van der Waals surface area contributed by atoms with E-state index in [4.69, 9.17) is 4.74 Å². The van der Waals surface area contributed by atoms with Gasteiger partial charge in [-0.3, -0.25) is 4.90 Å². The summed E-state index contributed by atoms with van der Waals surface area (Å²) in [6.45, 7) is 5.24. The molecular weight excluding hydrogens is 316 g/mol. The Bertz CT molecular complexity index is 442. The van der Waals surface area contributed by atoms with E-state index in [0.29, 0.717) is 0 Å². The number of nitrogens with one attached hydrogen (secondary N) is 1. The summed E-state index contributed by atoms with van der Waals surface area (Å²) in [5.41, 5.74) is 1.32. The Balaban J connectivity index is 1.45. The van der Waals surface area contributed by atoms with Gasteiger partial charge >= 0.3 is 0 Å². The van der Waals surface area contributed by atoms with Crippen LogP contribution < -0.4 is 10.1 Å². The van der Waals surface area contributed by atoms with Crippen molar-refractivity contribution >= 4 is 15.9 Å². The van der Waals surface area contributed by atoms with Crippen molar-refractivity contribution in [1.82, 2.24) is 10.2 Å². The van der Waals surface area contributed by atoms with Gasteiger partial charge < -0.3 is 10.1 Å². The number of ether oxygens (including phenoxy) is 1. The first-order valence-electron chi connectivity index (χ1n) is 7.68. The molecule has 1 aromatic rings. The summed E-state index contributed by atoms with van der Waals surface area (Å²) < 4.78 is 6.95. The van der Waals surface area contributed by atoms with Crippen molar-refractivity contribution in [3.05, 3.63) is 28.2 Å². The van der Waals surface area contributed by atoms with Crippen LogP contribution in [-0.2, 0) is 6.54 Å². The second-order valence-corrected chi connectivity index (χ2v) is 6.67. The van der Waals surface area contributed by atoms with Crippen molar-refractivity contribution in [2.75, 3.05) is 26.2 Å². The summed E-state index contributed by atoms with van der Waals surface area (Å²) in [5.74, 6) is 0.958. The van der Waals surface area contributed by atoms with E-state index in [1.807, 2.05) is 0 Å². The monoisotopic (exact) mass is 338 g/mol. The maximum atomic E-state index is 5.88. The van der Waals surface area contributed by atoms with Crippen LogP contribution in [0.15, 0.2) is 22.7 Å². The van der Waals surface area contributed by atoms with Gasteiger partial charge in [-0.15, -0.1) is 0 Å². The highest BCUT2D eigenvalue weighted by Gasteiger charge is 2.20. The van der Waals surface area contributed by atoms with Crippen LogP contribution >= 0.6 is 15.9 Å². The van der Waals surface area contributed by atoms with E-state index >= 15 is 0 Å². The molecule has 1 saturated heterocycles. The molecule has 2 fully saturated rings. The lowest BCUT2D eigenvalue weighted by Crippen LogP contribution is -2.25. The minimum atomic E-state index is 0.755. The molecule has 1 aromatic carbocycles. The molecule has 0 bridgehead atoms. The molecule has 3 nitrogen and oxygen atoms in total. The molecule has 4 heteroatoms. The fourth-order valence-electron chi connectivity index (χ4n) is 2.61. The quantitative estimate of drug-likeness (QED) is 0.826. The van der Waals surface area contributed by atoms with Crippen molar-refractivity contribution < 1.29 is 4.74 Å². The highest BCUT2D eigenvalue weighted by molar-refractivity contribution is 9.10. The third kappa shape index (κ3) is 4.21. The van der Waals surface area contributed by atoms with Gasteiger partial charge in [-0.25, -0.2) is 0 Å². The third-order valence-electron chi connectivity index (χ3n) is 4.03. The van der Waals surface area contributed by atoms with Gasteiger partial charge in [0, 0.05) is 19.1 Å². The SMILES string of the molecule is Brc1cc(CNC2CC2)ccc1OCCN1CCCC1. The molecule has 0 unspecified atom stereocenters. The number of halogens is 1. The second kappa shape index (κ2) is 6.92. The molecule has 3 rings (SSSR count). The van der Waals surface area contributed by atoms with Crippen LogP contribution in [0.25, 0.3) is 0 Å². The average molecular weight is 339 g/mol. The van der Waals surface area contributed by atoms with Gasteiger partial charge in [0.15, 0.2) is 0 Å². The van der Waals surface area contributed by atoms with Gasteiger partial charge in [0.05, 0.1) is 4.47 Å². The van der Waals surface area contributed by atoms with Crippen molar-refractivity contribution in [3.63, 3.8) is 0 Å². The molecule has 0 atom stereocenters. The molecule has 1 N–H and O–H groups in total. The smallest absolute Gasteiger partial charge is 0.133 e. The van der Waals surface area contributed by atoms with E-state index in [-0.39, 0.29) is 0 Å². The van der Waals surface area contributed by atoms with E-state index < -0.39 is 0 Å². The van der Waals surface area contributed by atoms with Crippen LogP contribution in [0.3, 0.4) is 0 Å². The zero-order valence-electron chi connectivity index (χ0n) is 11.9. The number of hydrogen-bond donors (Lipinski definition) is 1. The predicted molar refractivity (Wildman–Crippen MR) is 85.2 cm³/mol. The van der Waals surface area contributed by atoms with E-state index in [9.17, 15) is 0 Å². The molecule has 1 aliphatic heterocycles. The Morgan fingerprint density at radius 3 is 2.75 bits per heavy atom. The first-order valence-corrected chi connectivity index (χ1v) is 8.47. The van der Waals surface area contributed by atoms with Crippen molar-refractivity contribution in [2.24, 2.45) is 0 Å².